The Morgan fingerprint density at radius 1 is 1.40 bits per heavy atom. The molecule has 1 fully saturated rings. The highest BCUT2D eigenvalue weighted by Crippen LogP contribution is 2.26. The third-order valence-corrected chi connectivity index (χ3v) is 5.10. The van der Waals surface area contributed by atoms with Crippen LogP contribution in [0, 0.1) is 0 Å². The summed E-state index contributed by atoms with van der Waals surface area (Å²) in [6.07, 6.45) is 1.60. The van der Waals surface area contributed by atoms with E-state index in [9.17, 15) is 4.79 Å². The summed E-state index contributed by atoms with van der Waals surface area (Å²) in [4.78, 5) is 18.9. The molecule has 0 aliphatic carbocycles. The second kappa shape index (κ2) is 5.62. The highest BCUT2D eigenvalue weighted by molar-refractivity contribution is 7.99. The lowest BCUT2D eigenvalue weighted by Crippen LogP contribution is -2.44. The van der Waals surface area contributed by atoms with Crippen LogP contribution in [0.15, 0.2) is 30.5 Å². The fraction of sp³-hybridized carbons (Fsp3) is 0.333. The van der Waals surface area contributed by atoms with Crippen molar-refractivity contribution >= 4 is 40.0 Å². The van der Waals surface area contributed by atoms with Gasteiger partial charge in [0.25, 0.3) is 5.91 Å². The first-order chi connectivity index (χ1) is 9.68. The number of hydrogen-bond acceptors (Lipinski definition) is 3. The van der Waals surface area contributed by atoms with Crippen molar-refractivity contribution in [2.24, 2.45) is 0 Å². The fourth-order valence-electron chi connectivity index (χ4n) is 2.51. The molecule has 20 heavy (non-hydrogen) atoms. The Balaban J connectivity index is 2.06. The molecule has 1 aliphatic rings. The predicted molar refractivity (Wildman–Crippen MR) is 84.6 cm³/mol. The van der Waals surface area contributed by atoms with Gasteiger partial charge in [0.15, 0.2) is 0 Å². The maximum absolute atomic E-state index is 12.8. The Morgan fingerprint density at radius 2 is 2.15 bits per heavy atom. The van der Waals surface area contributed by atoms with Gasteiger partial charge in [-0.15, -0.1) is 0 Å². The molecule has 2 heterocycles. The molecule has 1 amide bonds. The van der Waals surface area contributed by atoms with Crippen LogP contribution in [0.3, 0.4) is 0 Å². The number of hydrogen-bond donors (Lipinski definition) is 0. The molecule has 0 bridgehead atoms. The van der Waals surface area contributed by atoms with Gasteiger partial charge in [0.05, 0.1) is 5.56 Å². The van der Waals surface area contributed by atoms with E-state index in [0.29, 0.717) is 10.7 Å². The van der Waals surface area contributed by atoms with E-state index in [2.05, 4.69) is 11.9 Å². The first-order valence-electron chi connectivity index (χ1n) is 6.60. The number of amides is 1. The van der Waals surface area contributed by atoms with E-state index in [1.165, 1.54) is 0 Å². The molecule has 1 aromatic heterocycles. The second-order valence-corrected chi connectivity index (χ2v) is 6.44. The van der Waals surface area contributed by atoms with Crippen molar-refractivity contribution in [1.82, 2.24) is 9.88 Å². The number of pyridine rings is 1. The Hall–Kier alpha value is -1.26. The molecule has 5 heteroatoms. The lowest BCUT2D eigenvalue weighted by Gasteiger charge is -2.33. The Bertz CT molecular complexity index is 661. The number of carbonyl (C=O) groups is 1. The van der Waals surface area contributed by atoms with Crippen molar-refractivity contribution < 1.29 is 4.79 Å². The smallest absolute Gasteiger partial charge is 0.256 e. The molecule has 1 atom stereocenters. The minimum absolute atomic E-state index is 0.0539. The van der Waals surface area contributed by atoms with Crippen LogP contribution in [-0.4, -0.2) is 39.9 Å². The molecule has 3 nitrogen and oxygen atoms in total. The SMILES string of the molecule is CC1CSCCN1C(=O)c1cnc(Cl)c2ccccc12. The molecule has 0 N–H and O–H groups in total. The summed E-state index contributed by atoms with van der Waals surface area (Å²) >= 11 is 8.00. The normalized spacial score (nSPS) is 19.3. The van der Waals surface area contributed by atoms with Gasteiger partial charge in [-0.25, -0.2) is 4.98 Å². The number of halogens is 1. The zero-order chi connectivity index (χ0) is 14.1. The zero-order valence-electron chi connectivity index (χ0n) is 11.2. The van der Waals surface area contributed by atoms with Crippen molar-refractivity contribution in [2.45, 2.75) is 13.0 Å². The van der Waals surface area contributed by atoms with E-state index in [1.807, 2.05) is 40.9 Å². The molecule has 1 unspecified atom stereocenters. The number of carbonyl (C=O) groups excluding carboxylic acids is 1. The van der Waals surface area contributed by atoms with Gasteiger partial charge in [-0.3, -0.25) is 4.79 Å². The van der Waals surface area contributed by atoms with Crippen molar-refractivity contribution in [3.05, 3.63) is 41.2 Å². The van der Waals surface area contributed by atoms with E-state index in [-0.39, 0.29) is 11.9 Å². The van der Waals surface area contributed by atoms with E-state index in [4.69, 9.17) is 11.6 Å². The number of rotatable bonds is 1. The standard InChI is InChI=1S/C15H15ClN2OS/c1-10-9-20-7-6-18(10)15(19)13-8-17-14(16)12-5-3-2-4-11(12)13/h2-5,8,10H,6-7,9H2,1H3. The van der Waals surface area contributed by atoms with Gasteiger partial charge >= 0.3 is 0 Å². The molecular formula is C15H15ClN2OS. The molecule has 104 valence electrons. The quantitative estimate of drug-likeness (QED) is 0.756. The van der Waals surface area contributed by atoms with Gasteiger partial charge in [-0.05, 0) is 12.3 Å². The number of benzene rings is 1. The van der Waals surface area contributed by atoms with E-state index < -0.39 is 0 Å². The first-order valence-corrected chi connectivity index (χ1v) is 8.13. The van der Waals surface area contributed by atoms with Crippen LogP contribution in [-0.2, 0) is 0 Å². The Labute approximate surface area is 127 Å². The van der Waals surface area contributed by atoms with Crippen molar-refractivity contribution in [3.63, 3.8) is 0 Å². The highest BCUT2D eigenvalue weighted by Gasteiger charge is 2.26. The lowest BCUT2D eigenvalue weighted by atomic mass is 10.1. The summed E-state index contributed by atoms with van der Waals surface area (Å²) in [5, 5.41) is 2.15. The highest BCUT2D eigenvalue weighted by atomic mass is 35.5. The van der Waals surface area contributed by atoms with Crippen LogP contribution in [0.25, 0.3) is 10.8 Å². The molecule has 1 aromatic carbocycles. The average Bonchev–Trinajstić information content (AvgIpc) is 2.48. The number of nitrogens with zero attached hydrogens (tertiary/aromatic N) is 2. The maximum Gasteiger partial charge on any atom is 0.256 e. The van der Waals surface area contributed by atoms with Gasteiger partial charge in [0, 0.05) is 35.7 Å². The second-order valence-electron chi connectivity index (χ2n) is 4.93. The van der Waals surface area contributed by atoms with Crippen LogP contribution < -0.4 is 0 Å². The van der Waals surface area contributed by atoms with Gasteiger partial charge in [-0.2, -0.15) is 11.8 Å². The number of thioether (sulfide) groups is 1. The minimum atomic E-state index is 0.0539. The summed E-state index contributed by atoms with van der Waals surface area (Å²) in [6.45, 7) is 2.89. The Morgan fingerprint density at radius 3 is 2.90 bits per heavy atom. The molecular weight excluding hydrogens is 292 g/mol. The van der Waals surface area contributed by atoms with Crippen LogP contribution in [0.5, 0.6) is 0 Å². The third-order valence-electron chi connectivity index (χ3n) is 3.61. The van der Waals surface area contributed by atoms with E-state index in [0.717, 1.165) is 28.8 Å². The first kappa shape index (κ1) is 13.7. The largest absolute Gasteiger partial charge is 0.334 e. The van der Waals surface area contributed by atoms with Crippen molar-refractivity contribution in [2.75, 3.05) is 18.1 Å². The summed E-state index contributed by atoms with van der Waals surface area (Å²) in [5.74, 6) is 2.04. The number of aromatic nitrogens is 1. The predicted octanol–water partition coefficient (Wildman–Crippen LogP) is 3.47. The molecule has 0 spiro atoms. The molecule has 2 aromatic rings. The van der Waals surface area contributed by atoms with Crippen molar-refractivity contribution in [1.29, 1.82) is 0 Å². The Kier molecular flexibility index (Phi) is 3.85. The molecule has 0 radical (unpaired) electrons. The van der Waals surface area contributed by atoms with Crippen LogP contribution in [0.2, 0.25) is 5.15 Å². The van der Waals surface area contributed by atoms with Gasteiger partial charge in [0.1, 0.15) is 5.15 Å². The molecule has 1 aliphatic heterocycles. The van der Waals surface area contributed by atoms with E-state index in [1.54, 1.807) is 6.20 Å². The van der Waals surface area contributed by atoms with Gasteiger partial charge < -0.3 is 4.90 Å². The van der Waals surface area contributed by atoms with Crippen LogP contribution >= 0.6 is 23.4 Å². The molecule has 1 saturated heterocycles. The van der Waals surface area contributed by atoms with E-state index >= 15 is 0 Å². The average molecular weight is 307 g/mol. The van der Waals surface area contributed by atoms with Crippen LogP contribution in [0.1, 0.15) is 17.3 Å². The summed E-state index contributed by atoms with van der Waals surface area (Å²) in [6, 6.07) is 7.92. The summed E-state index contributed by atoms with van der Waals surface area (Å²) in [7, 11) is 0. The van der Waals surface area contributed by atoms with Crippen molar-refractivity contribution in [3.8, 4) is 0 Å². The molecule has 3 rings (SSSR count). The number of fused-ring (bicyclic) bond motifs is 1. The third kappa shape index (κ3) is 2.38. The fourth-order valence-corrected chi connectivity index (χ4v) is 3.74. The summed E-state index contributed by atoms with van der Waals surface area (Å²) in [5.41, 5.74) is 0.642. The van der Waals surface area contributed by atoms with Gasteiger partial charge in [0.2, 0.25) is 0 Å². The summed E-state index contributed by atoms with van der Waals surface area (Å²) < 4.78 is 0. The minimum Gasteiger partial charge on any atom is -0.334 e. The maximum atomic E-state index is 12.8. The topological polar surface area (TPSA) is 33.2 Å². The van der Waals surface area contributed by atoms with Gasteiger partial charge in [-0.1, -0.05) is 35.9 Å². The monoisotopic (exact) mass is 306 g/mol. The lowest BCUT2D eigenvalue weighted by molar-refractivity contribution is 0.0717. The molecule has 0 saturated carbocycles. The van der Waals surface area contributed by atoms with Crippen LogP contribution in [0.4, 0.5) is 0 Å². The zero-order valence-corrected chi connectivity index (χ0v) is 12.7.